The smallest absolute Gasteiger partial charge is 0.327 e. The summed E-state index contributed by atoms with van der Waals surface area (Å²) in [4.78, 5) is 9.87. The summed E-state index contributed by atoms with van der Waals surface area (Å²) in [5, 5.41) is 8.12. The van der Waals surface area contributed by atoms with E-state index in [0.717, 1.165) is 17.3 Å². The monoisotopic (exact) mass is 240 g/mol. The number of carboxylic acids is 1. The number of allylic oxidation sites excluding steroid dienone is 1. The normalized spacial score (nSPS) is 10.3. The summed E-state index contributed by atoms with van der Waals surface area (Å²) in [6, 6.07) is 0. The Morgan fingerprint density at radius 3 is 2.78 bits per heavy atom. The zero-order valence-electron chi connectivity index (χ0n) is 5.01. The molecule has 0 aliphatic rings. The first-order valence-corrected chi connectivity index (χ1v) is 4.25. The number of unbranched alkanes of at least 4 members (excludes halogenated alkanes) is 1. The van der Waals surface area contributed by atoms with E-state index in [-0.39, 0.29) is 0 Å². The molecule has 0 aromatic carbocycles. The highest BCUT2D eigenvalue weighted by atomic mass is 127. The van der Waals surface area contributed by atoms with Gasteiger partial charge in [0.15, 0.2) is 0 Å². The van der Waals surface area contributed by atoms with E-state index in [1.54, 1.807) is 6.08 Å². The van der Waals surface area contributed by atoms with Crippen LogP contribution < -0.4 is 0 Å². The molecule has 0 fully saturated rings. The molecule has 0 amide bonds. The number of alkyl halides is 1. The van der Waals surface area contributed by atoms with Crippen LogP contribution in [0, 0.1) is 0 Å². The van der Waals surface area contributed by atoms with E-state index in [4.69, 9.17) is 5.11 Å². The Morgan fingerprint density at radius 2 is 2.33 bits per heavy atom. The molecule has 0 aromatic rings. The molecule has 0 atom stereocenters. The number of hydrogen-bond donors (Lipinski definition) is 1. The molecule has 0 aromatic heterocycles. The minimum Gasteiger partial charge on any atom is -0.478 e. The first-order valence-electron chi connectivity index (χ1n) is 2.73. The maximum absolute atomic E-state index is 9.87. The molecule has 0 spiro atoms. The van der Waals surface area contributed by atoms with E-state index in [1.165, 1.54) is 6.08 Å². The van der Waals surface area contributed by atoms with E-state index in [1.807, 2.05) is 0 Å². The second kappa shape index (κ2) is 6.07. The van der Waals surface area contributed by atoms with Gasteiger partial charge in [0.1, 0.15) is 0 Å². The van der Waals surface area contributed by atoms with Crippen LogP contribution in [0.2, 0.25) is 0 Å². The van der Waals surface area contributed by atoms with Crippen LogP contribution in [0.1, 0.15) is 12.8 Å². The second-order valence-corrected chi connectivity index (χ2v) is 2.65. The topological polar surface area (TPSA) is 37.3 Å². The molecule has 0 saturated carbocycles. The fraction of sp³-hybridized carbons (Fsp3) is 0.500. The molecule has 52 valence electrons. The van der Waals surface area contributed by atoms with Crippen molar-refractivity contribution in [3.63, 3.8) is 0 Å². The number of carbonyl (C=O) groups is 1. The third kappa shape index (κ3) is 7.94. The van der Waals surface area contributed by atoms with Crippen molar-refractivity contribution in [2.75, 3.05) is 4.43 Å². The minimum atomic E-state index is -0.858. The summed E-state index contributed by atoms with van der Waals surface area (Å²) in [6.45, 7) is 0. The van der Waals surface area contributed by atoms with E-state index >= 15 is 0 Å². The maximum atomic E-state index is 9.87. The Hall–Kier alpha value is -0.0600. The van der Waals surface area contributed by atoms with Crippen molar-refractivity contribution < 1.29 is 9.90 Å². The summed E-state index contributed by atoms with van der Waals surface area (Å²) in [5.41, 5.74) is 0. The van der Waals surface area contributed by atoms with Gasteiger partial charge in [0.25, 0.3) is 0 Å². The maximum Gasteiger partial charge on any atom is 0.327 e. The van der Waals surface area contributed by atoms with E-state index in [2.05, 4.69) is 22.6 Å². The molecule has 1 N–H and O–H groups in total. The van der Waals surface area contributed by atoms with Crippen LogP contribution in [0.15, 0.2) is 12.2 Å². The molecule has 9 heavy (non-hydrogen) atoms. The van der Waals surface area contributed by atoms with Gasteiger partial charge in [-0.15, -0.1) is 0 Å². The van der Waals surface area contributed by atoms with Gasteiger partial charge in [-0.25, -0.2) is 4.79 Å². The molecular formula is C6H9IO2. The van der Waals surface area contributed by atoms with Gasteiger partial charge in [-0.2, -0.15) is 0 Å². The van der Waals surface area contributed by atoms with Gasteiger partial charge in [-0.1, -0.05) is 28.7 Å². The summed E-state index contributed by atoms with van der Waals surface area (Å²) in [6.07, 6.45) is 4.80. The Bertz CT molecular complexity index is 110. The van der Waals surface area contributed by atoms with Crippen LogP contribution in [-0.2, 0) is 4.79 Å². The van der Waals surface area contributed by atoms with Crippen LogP contribution in [0.25, 0.3) is 0 Å². The molecule has 0 heterocycles. The quantitative estimate of drug-likeness (QED) is 0.352. The van der Waals surface area contributed by atoms with Crippen molar-refractivity contribution in [3.05, 3.63) is 12.2 Å². The van der Waals surface area contributed by atoms with Crippen LogP contribution in [-0.4, -0.2) is 15.5 Å². The number of aliphatic carboxylic acids is 1. The van der Waals surface area contributed by atoms with Crippen LogP contribution >= 0.6 is 22.6 Å². The summed E-state index contributed by atoms with van der Waals surface area (Å²) >= 11 is 2.26. The zero-order chi connectivity index (χ0) is 7.11. The van der Waals surface area contributed by atoms with E-state index in [9.17, 15) is 4.79 Å². The lowest BCUT2D eigenvalue weighted by Crippen LogP contribution is -1.85. The van der Waals surface area contributed by atoms with Crippen molar-refractivity contribution in [2.24, 2.45) is 0 Å². The van der Waals surface area contributed by atoms with Gasteiger partial charge in [0.2, 0.25) is 0 Å². The fourth-order valence-corrected chi connectivity index (χ4v) is 0.820. The third-order valence-electron chi connectivity index (χ3n) is 0.765. The lowest BCUT2D eigenvalue weighted by Gasteiger charge is -1.84. The number of hydrogen-bond acceptors (Lipinski definition) is 1. The highest BCUT2D eigenvalue weighted by Crippen LogP contribution is 1.94. The fourth-order valence-electron chi connectivity index (χ4n) is 0.379. The predicted molar refractivity (Wildman–Crippen MR) is 44.9 cm³/mol. The summed E-state index contributed by atoms with van der Waals surface area (Å²) in [7, 11) is 0. The highest BCUT2D eigenvalue weighted by Gasteiger charge is 1.83. The van der Waals surface area contributed by atoms with Crippen LogP contribution in [0.5, 0.6) is 0 Å². The average Bonchev–Trinajstić information content (AvgIpc) is 1.80. The Balaban J connectivity index is 3.15. The molecule has 0 rings (SSSR count). The molecule has 0 unspecified atom stereocenters. The van der Waals surface area contributed by atoms with E-state index in [0.29, 0.717) is 0 Å². The summed E-state index contributed by atoms with van der Waals surface area (Å²) < 4.78 is 1.09. The molecule has 3 heteroatoms. The number of halogens is 1. The van der Waals surface area contributed by atoms with Crippen molar-refractivity contribution in [3.8, 4) is 0 Å². The van der Waals surface area contributed by atoms with E-state index < -0.39 is 5.97 Å². The standard InChI is InChI=1S/C6H9IO2/c7-5-3-1-2-4-6(8)9/h2,4H,1,3,5H2,(H,8,9)/b4-2-. The Kier molecular flexibility index (Phi) is 6.03. The SMILES string of the molecule is O=C(O)/C=C\CCCI. The van der Waals surface area contributed by atoms with Crippen LogP contribution in [0.3, 0.4) is 0 Å². The molecule has 0 saturated heterocycles. The molecule has 0 bridgehead atoms. The van der Waals surface area contributed by atoms with Gasteiger partial charge in [-0.3, -0.25) is 0 Å². The Labute approximate surface area is 68.1 Å². The van der Waals surface area contributed by atoms with Crippen molar-refractivity contribution in [1.29, 1.82) is 0 Å². The largest absolute Gasteiger partial charge is 0.478 e. The van der Waals surface area contributed by atoms with Crippen molar-refractivity contribution in [1.82, 2.24) is 0 Å². The highest BCUT2D eigenvalue weighted by molar-refractivity contribution is 14.1. The van der Waals surface area contributed by atoms with Gasteiger partial charge in [-0.05, 0) is 17.3 Å². The van der Waals surface area contributed by atoms with Gasteiger partial charge >= 0.3 is 5.97 Å². The average molecular weight is 240 g/mol. The first kappa shape index (κ1) is 8.94. The minimum absolute atomic E-state index is 0.858. The third-order valence-corrected chi connectivity index (χ3v) is 1.53. The Morgan fingerprint density at radius 1 is 1.67 bits per heavy atom. The molecule has 0 aliphatic carbocycles. The predicted octanol–water partition coefficient (Wildman–Crippen LogP) is 1.84. The molecule has 0 aliphatic heterocycles. The first-order chi connectivity index (χ1) is 4.27. The number of rotatable bonds is 4. The molecule has 2 nitrogen and oxygen atoms in total. The molecule has 0 radical (unpaired) electrons. The molecular weight excluding hydrogens is 231 g/mol. The zero-order valence-corrected chi connectivity index (χ0v) is 7.17. The van der Waals surface area contributed by atoms with Crippen molar-refractivity contribution >= 4 is 28.6 Å². The van der Waals surface area contributed by atoms with Crippen molar-refractivity contribution in [2.45, 2.75) is 12.8 Å². The van der Waals surface area contributed by atoms with Crippen LogP contribution in [0.4, 0.5) is 0 Å². The van der Waals surface area contributed by atoms with Gasteiger partial charge < -0.3 is 5.11 Å². The lowest BCUT2D eigenvalue weighted by molar-refractivity contribution is -0.131. The second-order valence-electron chi connectivity index (χ2n) is 1.57. The van der Waals surface area contributed by atoms with Gasteiger partial charge in [0.05, 0.1) is 0 Å². The number of carboxylic acid groups (broad SMARTS) is 1. The summed E-state index contributed by atoms with van der Waals surface area (Å²) in [5.74, 6) is -0.858. The van der Waals surface area contributed by atoms with Gasteiger partial charge in [0, 0.05) is 6.08 Å². The lowest BCUT2D eigenvalue weighted by atomic mass is 10.3.